The van der Waals surface area contributed by atoms with E-state index in [-0.39, 0.29) is 50.3 Å². The molecule has 0 fully saturated rings. The first-order valence-electron chi connectivity index (χ1n) is 9.98. The first kappa shape index (κ1) is 24.5. The number of methoxy groups -OCH3 is 2. The predicted molar refractivity (Wildman–Crippen MR) is 120 cm³/mol. The summed E-state index contributed by atoms with van der Waals surface area (Å²) < 4.78 is 10.4. The summed E-state index contributed by atoms with van der Waals surface area (Å²) in [6, 6.07) is 11.5. The van der Waals surface area contributed by atoms with Gasteiger partial charge < -0.3 is 25.2 Å². The van der Waals surface area contributed by atoms with Gasteiger partial charge in [0.1, 0.15) is 18.0 Å². The average molecular weight is 441 g/mol. The van der Waals surface area contributed by atoms with Crippen LogP contribution in [0.2, 0.25) is 0 Å². The van der Waals surface area contributed by atoms with Crippen molar-refractivity contribution in [3.63, 3.8) is 0 Å². The number of ketones is 1. The predicted octanol–water partition coefficient (Wildman–Crippen LogP) is 1.23. The van der Waals surface area contributed by atoms with Gasteiger partial charge in [0, 0.05) is 42.9 Å². The first-order valence-corrected chi connectivity index (χ1v) is 9.98. The molecule has 0 aliphatic heterocycles. The molecular formula is C23H27N3O6. The fourth-order valence-corrected chi connectivity index (χ4v) is 2.71. The molecule has 0 aromatic heterocycles. The molecular weight excluding hydrogens is 414 g/mol. The van der Waals surface area contributed by atoms with Gasteiger partial charge in [0.2, 0.25) is 5.91 Å². The maximum Gasteiger partial charge on any atom is 0.251 e. The minimum absolute atomic E-state index is 0.0476. The summed E-state index contributed by atoms with van der Waals surface area (Å²) in [6.07, 6.45) is 1.68. The van der Waals surface area contributed by atoms with E-state index in [1.807, 2.05) is 0 Å². The fraction of sp³-hybridized carbons (Fsp3) is 0.304. The molecule has 9 nitrogen and oxygen atoms in total. The summed E-state index contributed by atoms with van der Waals surface area (Å²) in [4.78, 5) is 40.1. The number of aliphatic imine (C=N–C) groups is 1. The average Bonchev–Trinajstić information content (AvgIpc) is 2.82. The van der Waals surface area contributed by atoms with Crippen LogP contribution in [-0.4, -0.2) is 69.4 Å². The number of carbonyl (C=O) groups is 3. The molecule has 0 atom stereocenters. The highest BCUT2D eigenvalue weighted by molar-refractivity contribution is 6.00. The van der Waals surface area contributed by atoms with Crippen LogP contribution < -0.4 is 20.1 Å². The Morgan fingerprint density at radius 2 is 1.56 bits per heavy atom. The molecule has 2 aromatic carbocycles. The number of nitrogens with one attached hydrogen (secondary N) is 2. The Morgan fingerprint density at radius 3 is 2.16 bits per heavy atom. The minimum atomic E-state index is -0.344. The van der Waals surface area contributed by atoms with Crippen LogP contribution in [0.4, 0.5) is 0 Å². The van der Waals surface area contributed by atoms with Crippen LogP contribution in [0, 0.1) is 0 Å². The zero-order valence-electron chi connectivity index (χ0n) is 18.1. The van der Waals surface area contributed by atoms with Gasteiger partial charge in [-0.05, 0) is 29.8 Å². The molecule has 0 unspecified atom stereocenters. The Balaban J connectivity index is 1.87. The number of aliphatic hydroxyl groups excluding tert-OH is 1. The molecule has 2 amide bonds. The largest absolute Gasteiger partial charge is 0.497 e. The molecule has 170 valence electrons. The lowest BCUT2D eigenvalue weighted by molar-refractivity contribution is -0.121. The molecule has 0 saturated carbocycles. The van der Waals surface area contributed by atoms with Gasteiger partial charge in [-0.2, -0.15) is 0 Å². The lowest BCUT2D eigenvalue weighted by Crippen LogP contribution is -2.32. The van der Waals surface area contributed by atoms with Crippen LogP contribution in [0.15, 0.2) is 47.5 Å². The quantitative estimate of drug-likeness (QED) is 0.336. The number of nitrogens with zero attached hydrogens (tertiary/aromatic N) is 1. The lowest BCUT2D eigenvalue weighted by atomic mass is 10.1. The molecule has 0 radical (unpaired) electrons. The highest BCUT2D eigenvalue weighted by Crippen LogP contribution is 2.21. The van der Waals surface area contributed by atoms with Crippen molar-refractivity contribution in [2.24, 2.45) is 4.99 Å². The molecule has 0 aliphatic carbocycles. The standard InChI is InChI=1S/C23H27N3O6/c1-31-19-11-16(12-20(13-19)32-2)14-24-15-21(28)17-3-5-18(6-4-17)23(30)26-8-7-22(29)25-9-10-27/h3-6,11-14,27H,7-10,15H2,1-2H3,(H,25,29)(H,26,30). The van der Waals surface area contributed by atoms with Crippen molar-refractivity contribution in [1.29, 1.82) is 0 Å². The summed E-state index contributed by atoms with van der Waals surface area (Å²) in [5.74, 6) is 0.453. The summed E-state index contributed by atoms with van der Waals surface area (Å²) in [6.45, 7) is 0.166. The summed E-state index contributed by atoms with van der Waals surface area (Å²) in [7, 11) is 3.11. The Hall–Kier alpha value is -3.72. The molecule has 0 bridgehead atoms. The van der Waals surface area contributed by atoms with Gasteiger partial charge >= 0.3 is 0 Å². The number of benzene rings is 2. The van der Waals surface area contributed by atoms with Gasteiger partial charge in [0.15, 0.2) is 5.78 Å². The number of hydrogen-bond donors (Lipinski definition) is 3. The van der Waals surface area contributed by atoms with Gasteiger partial charge in [-0.25, -0.2) is 0 Å². The molecule has 32 heavy (non-hydrogen) atoms. The number of Topliss-reactive ketones (excluding diaryl/α,β-unsaturated/α-hetero) is 1. The first-order chi connectivity index (χ1) is 15.5. The van der Waals surface area contributed by atoms with Crippen LogP contribution in [0.5, 0.6) is 11.5 Å². The molecule has 2 aromatic rings. The molecule has 9 heteroatoms. The van der Waals surface area contributed by atoms with E-state index in [4.69, 9.17) is 14.6 Å². The van der Waals surface area contributed by atoms with Crippen molar-refractivity contribution >= 4 is 23.8 Å². The Bertz CT molecular complexity index is 934. The van der Waals surface area contributed by atoms with Gasteiger partial charge in [-0.15, -0.1) is 0 Å². The van der Waals surface area contributed by atoms with E-state index in [2.05, 4.69) is 15.6 Å². The zero-order valence-corrected chi connectivity index (χ0v) is 18.1. The second-order valence-corrected chi connectivity index (χ2v) is 6.70. The van der Waals surface area contributed by atoms with E-state index in [0.717, 1.165) is 5.56 Å². The lowest BCUT2D eigenvalue weighted by Gasteiger charge is -2.06. The highest BCUT2D eigenvalue weighted by atomic mass is 16.5. The maximum atomic E-state index is 12.4. The van der Waals surface area contributed by atoms with Crippen molar-refractivity contribution < 1.29 is 29.0 Å². The van der Waals surface area contributed by atoms with Crippen molar-refractivity contribution in [2.75, 3.05) is 40.5 Å². The van der Waals surface area contributed by atoms with E-state index in [0.29, 0.717) is 22.6 Å². The number of hydrogen-bond acceptors (Lipinski definition) is 7. The van der Waals surface area contributed by atoms with Crippen molar-refractivity contribution in [3.05, 3.63) is 59.2 Å². The molecule has 2 rings (SSSR count). The van der Waals surface area contributed by atoms with Crippen molar-refractivity contribution in [1.82, 2.24) is 10.6 Å². The van der Waals surface area contributed by atoms with Crippen LogP contribution in [0.1, 0.15) is 32.7 Å². The Morgan fingerprint density at radius 1 is 0.938 bits per heavy atom. The molecule has 0 heterocycles. The van der Waals surface area contributed by atoms with Crippen LogP contribution >= 0.6 is 0 Å². The summed E-state index contributed by atoms with van der Waals surface area (Å²) in [5.41, 5.74) is 1.56. The third-order valence-electron chi connectivity index (χ3n) is 4.39. The maximum absolute atomic E-state index is 12.4. The third-order valence-corrected chi connectivity index (χ3v) is 4.39. The number of carbonyl (C=O) groups excluding carboxylic acids is 3. The van der Waals surface area contributed by atoms with E-state index < -0.39 is 0 Å². The van der Waals surface area contributed by atoms with E-state index in [1.165, 1.54) is 0 Å². The van der Waals surface area contributed by atoms with Gasteiger partial charge in [0.25, 0.3) is 5.91 Å². The Labute approximate surface area is 186 Å². The topological polar surface area (TPSA) is 126 Å². The van der Waals surface area contributed by atoms with E-state index in [1.54, 1.807) is 62.9 Å². The van der Waals surface area contributed by atoms with Crippen molar-refractivity contribution in [2.45, 2.75) is 6.42 Å². The SMILES string of the molecule is COc1cc(C=NCC(=O)c2ccc(C(=O)NCCC(=O)NCCO)cc2)cc(OC)c1. The van der Waals surface area contributed by atoms with Gasteiger partial charge in [-0.1, -0.05) is 12.1 Å². The number of aliphatic hydroxyl groups is 1. The molecule has 0 aliphatic rings. The summed E-state index contributed by atoms with van der Waals surface area (Å²) in [5, 5.41) is 13.8. The second kappa shape index (κ2) is 12.9. The van der Waals surface area contributed by atoms with E-state index >= 15 is 0 Å². The van der Waals surface area contributed by atoms with Crippen LogP contribution in [-0.2, 0) is 4.79 Å². The zero-order chi connectivity index (χ0) is 23.3. The number of ether oxygens (including phenoxy) is 2. The normalized spacial score (nSPS) is 10.6. The number of rotatable bonds is 12. The third kappa shape index (κ3) is 7.84. The Kier molecular flexibility index (Phi) is 9.86. The van der Waals surface area contributed by atoms with Gasteiger partial charge in [-0.3, -0.25) is 19.4 Å². The highest BCUT2D eigenvalue weighted by Gasteiger charge is 2.09. The van der Waals surface area contributed by atoms with Gasteiger partial charge in [0.05, 0.1) is 20.8 Å². The molecule has 3 N–H and O–H groups in total. The monoisotopic (exact) mass is 441 g/mol. The van der Waals surface area contributed by atoms with Crippen molar-refractivity contribution in [3.8, 4) is 11.5 Å². The van der Waals surface area contributed by atoms with Crippen LogP contribution in [0.25, 0.3) is 0 Å². The van der Waals surface area contributed by atoms with Crippen LogP contribution in [0.3, 0.4) is 0 Å². The number of amides is 2. The summed E-state index contributed by atoms with van der Waals surface area (Å²) >= 11 is 0. The second-order valence-electron chi connectivity index (χ2n) is 6.70. The minimum Gasteiger partial charge on any atom is -0.497 e. The molecule has 0 spiro atoms. The van der Waals surface area contributed by atoms with E-state index in [9.17, 15) is 14.4 Å². The molecule has 0 saturated heterocycles. The fourth-order valence-electron chi connectivity index (χ4n) is 2.71. The smallest absolute Gasteiger partial charge is 0.251 e.